The van der Waals surface area contributed by atoms with Gasteiger partial charge in [-0.3, -0.25) is 4.79 Å². The lowest BCUT2D eigenvalue weighted by atomic mass is 9.99. The largest absolute Gasteiger partial charge is 0.481 e. The lowest BCUT2D eigenvalue weighted by Gasteiger charge is -2.26. The second-order valence-corrected chi connectivity index (χ2v) is 8.41. The molecule has 1 atom stereocenters. The van der Waals surface area contributed by atoms with Gasteiger partial charge in [0.1, 0.15) is 17.5 Å². The van der Waals surface area contributed by atoms with Crippen LogP contribution in [-0.2, 0) is 4.79 Å². The molecule has 0 saturated carbocycles. The second kappa shape index (κ2) is 10.5. The Balaban J connectivity index is 1.74. The molecule has 0 fully saturated rings. The average Bonchev–Trinajstić information content (AvgIpc) is 2.87. The van der Waals surface area contributed by atoms with E-state index in [1.807, 2.05) is 6.08 Å². The summed E-state index contributed by atoms with van der Waals surface area (Å²) in [5.41, 5.74) is 1.27. The lowest BCUT2D eigenvalue weighted by molar-refractivity contribution is -0.131. The van der Waals surface area contributed by atoms with Crippen LogP contribution < -0.4 is 10.1 Å². The molecule has 2 aromatic heterocycles. The Kier molecular flexibility index (Phi) is 7.37. The van der Waals surface area contributed by atoms with Crippen molar-refractivity contribution < 1.29 is 27.1 Å². The van der Waals surface area contributed by atoms with E-state index in [1.54, 1.807) is 19.9 Å². The van der Waals surface area contributed by atoms with E-state index in [9.17, 15) is 22.4 Å². The molecule has 0 unspecified atom stereocenters. The van der Waals surface area contributed by atoms with Gasteiger partial charge in [0.2, 0.25) is 5.88 Å². The van der Waals surface area contributed by atoms with Crippen LogP contribution in [0.25, 0.3) is 16.6 Å². The highest BCUT2D eigenvalue weighted by atomic mass is 19.3. The number of alkyl halides is 3. The molecule has 190 valence electrons. The number of fused-ring (bicyclic) bond motifs is 1. The molecule has 1 amide bonds. The van der Waals surface area contributed by atoms with E-state index in [2.05, 4.69) is 20.3 Å². The maximum Gasteiger partial charge on any atom is 0.266 e. The normalized spacial score (nSPS) is 14.7. The van der Waals surface area contributed by atoms with Crippen LogP contribution in [0.2, 0.25) is 0 Å². The van der Waals surface area contributed by atoms with Crippen molar-refractivity contribution in [3.8, 4) is 5.88 Å². The van der Waals surface area contributed by atoms with Crippen LogP contribution in [-0.4, -0.2) is 52.6 Å². The topological polar surface area (TPSA) is 80.2 Å². The molecule has 11 heteroatoms. The Bertz CT molecular complexity index is 1330. The summed E-state index contributed by atoms with van der Waals surface area (Å²) in [6, 6.07) is 4.99. The maximum atomic E-state index is 14.7. The van der Waals surface area contributed by atoms with E-state index >= 15 is 0 Å². The molecule has 1 N–H and O–H groups in total. The Morgan fingerprint density at radius 1 is 1.22 bits per heavy atom. The van der Waals surface area contributed by atoms with Crippen molar-refractivity contribution in [2.45, 2.75) is 32.7 Å². The molecule has 1 aliphatic heterocycles. The Hall–Kier alpha value is -3.76. The number of benzene rings is 1. The molecule has 0 radical (unpaired) electrons. The molecule has 7 nitrogen and oxygen atoms in total. The smallest absolute Gasteiger partial charge is 0.266 e. The first-order valence-electron chi connectivity index (χ1n) is 11.3. The Morgan fingerprint density at radius 3 is 2.61 bits per heavy atom. The van der Waals surface area contributed by atoms with Gasteiger partial charge in [0.15, 0.2) is 12.3 Å². The number of nitrogens with one attached hydrogen (secondary N) is 1. The monoisotopic (exact) mass is 503 g/mol. The number of pyridine rings is 1. The number of amides is 1. The number of halogens is 4. The first kappa shape index (κ1) is 25.3. The van der Waals surface area contributed by atoms with Crippen LogP contribution >= 0.6 is 0 Å². The third kappa shape index (κ3) is 4.95. The summed E-state index contributed by atoms with van der Waals surface area (Å²) in [6.07, 6.45) is -0.649. The highest BCUT2D eigenvalue weighted by molar-refractivity contribution is 5.91. The minimum Gasteiger partial charge on any atom is -0.481 e. The van der Waals surface area contributed by atoms with Crippen molar-refractivity contribution in [3.05, 3.63) is 58.7 Å². The highest BCUT2D eigenvalue weighted by Gasteiger charge is 2.23. The van der Waals surface area contributed by atoms with Crippen molar-refractivity contribution in [1.29, 1.82) is 0 Å². The van der Waals surface area contributed by atoms with Crippen molar-refractivity contribution in [2.24, 2.45) is 0 Å². The van der Waals surface area contributed by atoms with Crippen molar-refractivity contribution >= 4 is 28.3 Å². The van der Waals surface area contributed by atoms with Crippen LogP contribution in [0.5, 0.6) is 5.88 Å². The number of methoxy groups -OCH3 is 1. The van der Waals surface area contributed by atoms with Crippen LogP contribution in [0.3, 0.4) is 0 Å². The summed E-state index contributed by atoms with van der Waals surface area (Å²) in [5.74, 6) is -0.455. The summed E-state index contributed by atoms with van der Waals surface area (Å²) < 4.78 is 59.4. The third-order valence-electron chi connectivity index (χ3n) is 6.09. The number of nitrogens with zero attached hydrogens (tertiary/aromatic N) is 4. The number of aromatic nitrogens is 3. The number of rotatable bonds is 7. The summed E-state index contributed by atoms with van der Waals surface area (Å²) in [7, 11) is 1.48. The lowest BCUT2D eigenvalue weighted by Crippen LogP contribution is -2.35. The van der Waals surface area contributed by atoms with Crippen LogP contribution in [0.4, 0.5) is 23.4 Å². The number of carbonyl (C=O) groups excluding carboxylic acids is 1. The summed E-state index contributed by atoms with van der Waals surface area (Å²) in [4.78, 5) is 26.5. The number of hydrogen-bond donors (Lipinski definition) is 1. The highest BCUT2D eigenvalue weighted by Crippen LogP contribution is 2.35. The fourth-order valence-corrected chi connectivity index (χ4v) is 4.22. The van der Waals surface area contributed by atoms with E-state index in [1.165, 1.54) is 24.1 Å². The molecule has 1 aromatic carbocycles. The zero-order valence-electron chi connectivity index (χ0n) is 20.0. The van der Waals surface area contributed by atoms with Gasteiger partial charge in [-0.05, 0) is 31.9 Å². The minimum absolute atomic E-state index is 0.0755. The Labute approximate surface area is 205 Å². The molecule has 4 rings (SSSR count). The first-order valence-corrected chi connectivity index (χ1v) is 11.3. The van der Waals surface area contributed by atoms with Gasteiger partial charge in [0.05, 0.1) is 24.1 Å². The Morgan fingerprint density at radius 2 is 1.97 bits per heavy atom. The number of anilines is 1. The van der Waals surface area contributed by atoms with Gasteiger partial charge in [0.25, 0.3) is 12.3 Å². The fraction of sp³-hybridized carbons (Fsp3) is 0.360. The maximum absolute atomic E-state index is 14.7. The minimum atomic E-state index is -2.93. The van der Waals surface area contributed by atoms with Gasteiger partial charge < -0.3 is 15.0 Å². The number of hydrogen-bond acceptors (Lipinski definition) is 6. The predicted octanol–water partition coefficient (Wildman–Crippen LogP) is 5.18. The molecule has 3 heterocycles. The van der Waals surface area contributed by atoms with Gasteiger partial charge in [-0.25, -0.2) is 27.5 Å². The summed E-state index contributed by atoms with van der Waals surface area (Å²) in [6.45, 7) is 2.88. The van der Waals surface area contributed by atoms with Gasteiger partial charge >= 0.3 is 0 Å². The molecule has 0 bridgehead atoms. The quantitative estimate of drug-likeness (QED) is 0.448. The molecule has 1 aliphatic rings. The van der Waals surface area contributed by atoms with Crippen molar-refractivity contribution in [3.63, 3.8) is 0 Å². The zero-order valence-corrected chi connectivity index (χ0v) is 20.0. The standard InChI is InChI=1S/C25H25F4N5O2/c1-13(16-5-4-6-17(21(16)27)22(28)29)30-23-19-11-18(15-7-9-34(10-8-15)20(35)12-26)25(36-3)33-24(19)32-14(2)31-23/h4-7,11,13,22H,8-10,12H2,1-3H3,(H,30,31,32,33)/t13-/m1/s1. The summed E-state index contributed by atoms with van der Waals surface area (Å²) in [5, 5.41) is 3.64. The summed E-state index contributed by atoms with van der Waals surface area (Å²) >= 11 is 0. The van der Waals surface area contributed by atoms with Gasteiger partial charge in [0, 0.05) is 24.2 Å². The van der Waals surface area contributed by atoms with E-state index < -0.39 is 36.4 Å². The van der Waals surface area contributed by atoms with Crippen molar-refractivity contribution in [1.82, 2.24) is 19.9 Å². The van der Waals surface area contributed by atoms with E-state index in [-0.39, 0.29) is 12.1 Å². The van der Waals surface area contributed by atoms with Crippen LogP contribution in [0, 0.1) is 12.7 Å². The molecular weight excluding hydrogens is 478 g/mol. The molecule has 3 aromatic rings. The second-order valence-electron chi connectivity index (χ2n) is 8.41. The zero-order chi connectivity index (χ0) is 26.0. The van der Waals surface area contributed by atoms with Gasteiger partial charge in [-0.1, -0.05) is 24.3 Å². The molecule has 36 heavy (non-hydrogen) atoms. The van der Waals surface area contributed by atoms with Gasteiger partial charge in [-0.2, -0.15) is 4.98 Å². The SMILES string of the molecule is COc1nc2nc(C)nc(N[C@H](C)c3cccc(C(F)F)c3F)c2cc1C1=CCN(C(=O)CF)CC1. The van der Waals surface area contributed by atoms with E-state index in [0.29, 0.717) is 47.1 Å². The van der Waals surface area contributed by atoms with E-state index in [0.717, 1.165) is 11.6 Å². The predicted molar refractivity (Wildman–Crippen MR) is 127 cm³/mol. The van der Waals surface area contributed by atoms with Crippen LogP contribution in [0.1, 0.15) is 48.3 Å². The fourth-order valence-electron chi connectivity index (χ4n) is 4.22. The van der Waals surface area contributed by atoms with Gasteiger partial charge in [-0.15, -0.1) is 0 Å². The molecular formula is C25H25F4N5O2. The van der Waals surface area contributed by atoms with Crippen LogP contribution in [0.15, 0.2) is 30.3 Å². The number of aryl methyl sites for hydroxylation is 1. The third-order valence-corrected chi connectivity index (χ3v) is 6.09. The molecule has 0 saturated heterocycles. The molecule has 0 spiro atoms. The van der Waals surface area contributed by atoms with E-state index in [4.69, 9.17) is 4.74 Å². The molecule has 0 aliphatic carbocycles. The number of ether oxygens (including phenoxy) is 1. The number of carbonyl (C=O) groups is 1. The first-order chi connectivity index (χ1) is 17.2. The average molecular weight is 504 g/mol. The van der Waals surface area contributed by atoms with Crippen molar-refractivity contribution in [2.75, 3.05) is 32.2 Å².